The zero-order valence-corrected chi connectivity index (χ0v) is 15.5. The molecule has 4 atom stereocenters. The molecule has 0 unspecified atom stereocenters. The van der Waals surface area contributed by atoms with Crippen molar-refractivity contribution >= 4 is 17.6 Å². The van der Waals surface area contributed by atoms with Gasteiger partial charge in [-0.15, -0.1) is 0 Å². The fourth-order valence-corrected chi connectivity index (χ4v) is 4.71. The SMILES string of the molecule is C[C@H]1C[C@]2(CCN1)C(=N[C@@H]1CCCC[C@H]1F)NC(=O)N2c1cccc(F)c1. The van der Waals surface area contributed by atoms with Gasteiger partial charge in [-0.2, -0.15) is 0 Å². The summed E-state index contributed by atoms with van der Waals surface area (Å²) in [5.41, 5.74) is -0.181. The third-order valence-corrected chi connectivity index (χ3v) is 5.98. The van der Waals surface area contributed by atoms with Gasteiger partial charge in [0.2, 0.25) is 0 Å². The van der Waals surface area contributed by atoms with Crippen LogP contribution < -0.4 is 15.5 Å². The summed E-state index contributed by atoms with van der Waals surface area (Å²) in [6.45, 7) is 2.77. The monoisotopic (exact) mass is 376 g/mol. The maximum atomic E-state index is 14.4. The van der Waals surface area contributed by atoms with Crippen molar-refractivity contribution in [1.29, 1.82) is 0 Å². The lowest BCUT2D eigenvalue weighted by Crippen LogP contribution is -2.58. The smallest absolute Gasteiger partial charge is 0.314 e. The number of rotatable bonds is 2. The highest BCUT2D eigenvalue weighted by Gasteiger charge is 2.53. The summed E-state index contributed by atoms with van der Waals surface area (Å²) < 4.78 is 28.3. The summed E-state index contributed by atoms with van der Waals surface area (Å²) >= 11 is 0. The van der Waals surface area contributed by atoms with Crippen LogP contribution in [0.1, 0.15) is 45.4 Å². The summed E-state index contributed by atoms with van der Waals surface area (Å²) in [6, 6.07) is 5.50. The highest BCUT2D eigenvalue weighted by Crippen LogP contribution is 2.38. The molecule has 2 saturated heterocycles. The Labute approximate surface area is 158 Å². The van der Waals surface area contributed by atoms with Gasteiger partial charge >= 0.3 is 6.03 Å². The number of aliphatic imine (C=N–C) groups is 1. The van der Waals surface area contributed by atoms with E-state index < -0.39 is 17.8 Å². The van der Waals surface area contributed by atoms with E-state index in [-0.39, 0.29) is 17.9 Å². The van der Waals surface area contributed by atoms with Crippen molar-refractivity contribution < 1.29 is 13.6 Å². The average Bonchev–Trinajstić information content (AvgIpc) is 2.87. The van der Waals surface area contributed by atoms with Crippen LogP contribution >= 0.6 is 0 Å². The Morgan fingerprint density at radius 3 is 2.85 bits per heavy atom. The first kappa shape index (κ1) is 18.3. The lowest BCUT2D eigenvalue weighted by Gasteiger charge is -2.43. The number of anilines is 1. The topological polar surface area (TPSA) is 56.7 Å². The number of carbonyl (C=O) groups is 1. The first-order chi connectivity index (χ1) is 13.0. The molecule has 1 saturated carbocycles. The van der Waals surface area contributed by atoms with Crippen molar-refractivity contribution in [3.05, 3.63) is 30.1 Å². The summed E-state index contributed by atoms with van der Waals surface area (Å²) in [4.78, 5) is 19.2. The third kappa shape index (κ3) is 3.33. The van der Waals surface area contributed by atoms with E-state index in [1.165, 1.54) is 12.1 Å². The summed E-state index contributed by atoms with van der Waals surface area (Å²) in [6.07, 6.45) is 3.38. The molecule has 27 heavy (non-hydrogen) atoms. The molecule has 146 valence electrons. The summed E-state index contributed by atoms with van der Waals surface area (Å²) in [5.74, 6) is 0.151. The van der Waals surface area contributed by atoms with Crippen LogP contribution in [0.25, 0.3) is 0 Å². The Morgan fingerprint density at radius 1 is 1.30 bits per heavy atom. The number of urea groups is 1. The predicted octanol–water partition coefficient (Wildman–Crippen LogP) is 3.55. The van der Waals surface area contributed by atoms with E-state index in [9.17, 15) is 13.6 Å². The average molecular weight is 376 g/mol. The molecule has 1 spiro atoms. The molecule has 0 radical (unpaired) electrons. The molecule has 2 heterocycles. The molecule has 5 nitrogen and oxygen atoms in total. The lowest BCUT2D eigenvalue weighted by atomic mass is 9.82. The second-order valence-electron chi connectivity index (χ2n) is 7.93. The molecule has 2 N–H and O–H groups in total. The first-order valence-electron chi connectivity index (χ1n) is 9.82. The minimum absolute atomic E-state index is 0.167. The van der Waals surface area contributed by atoms with Crippen molar-refractivity contribution in [1.82, 2.24) is 10.6 Å². The van der Waals surface area contributed by atoms with Gasteiger partial charge in [-0.05, 0) is 57.4 Å². The number of benzene rings is 1. The minimum Gasteiger partial charge on any atom is -0.314 e. The van der Waals surface area contributed by atoms with E-state index in [1.54, 1.807) is 17.0 Å². The van der Waals surface area contributed by atoms with Gasteiger partial charge in [0, 0.05) is 11.7 Å². The summed E-state index contributed by atoms with van der Waals surface area (Å²) in [5, 5.41) is 6.29. The van der Waals surface area contributed by atoms with Crippen LogP contribution in [0.5, 0.6) is 0 Å². The number of alkyl halides is 1. The molecule has 1 aromatic carbocycles. The Morgan fingerprint density at radius 2 is 2.11 bits per heavy atom. The van der Waals surface area contributed by atoms with Gasteiger partial charge in [0.05, 0.1) is 6.04 Å². The molecule has 2 amide bonds. The van der Waals surface area contributed by atoms with Crippen LogP contribution in [-0.4, -0.2) is 42.2 Å². The number of hydrogen-bond acceptors (Lipinski definition) is 3. The second kappa shape index (κ2) is 7.19. The van der Waals surface area contributed by atoms with Crippen molar-refractivity contribution in [2.75, 3.05) is 11.4 Å². The Balaban J connectivity index is 1.76. The van der Waals surface area contributed by atoms with Crippen LogP contribution in [-0.2, 0) is 0 Å². The molecule has 0 bridgehead atoms. The number of nitrogens with zero attached hydrogens (tertiary/aromatic N) is 2. The molecule has 3 aliphatic rings. The largest absolute Gasteiger partial charge is 0.328 e. The quantitative estimate of drug-likeness (QED) is 0.829. The highest BCUT2D eigenvalue weighted by atomic mass is 19.1. The minimum atomic E-state index is -0.970. The Kier molecular flexibility index (Phi) is 4.88. The van der Waals surface area contributed by atoms with Crippen molar-refractivity contribution in [2.24, 2.45) is 4.99 Å². The molecular weight excluding hydrogens is 350 g/mol. The maximum Gasteiger partial charge on any atom is 0.328 e. The maximum absolute atomic E-state index is 14.4. The lowest BCUT2D eigenvalue weighted by molar-refractivity contribution is 0.218. The third-order valence-electron chi connectivity index (χ3n) is 5.98. The molecular formula is C20H26F2N4O. The van der Waals surface area contributed by atoms with Gasteiger partial charge < -0.3 is 5.32 Å². The zero-order chi connectivity index (χ0) is 19.0. The molecule has 0 aromatic heterocycles. The van der Waals surface area contributed by atoms with Crippen LogP contribution in [0, 0.1) is 5.82 Å². The van der Waals surface area contributed by atoms with Crippen LogP contribution in [0.3, 0.4) is 0 Å². The van der Waals surface area contributed by atoms with E-state index in [0.717, 1.165) is 12.8 Å². The van der Waals surface area contributed by atoms with E-state index in [4.69, 9.17) is 4.99 Å². The Hall–Kier alpha value is -2.02. The number of halogens is 2. The molecule has 3 fully saturated rings. The van der Waals surface area contributed by atoms with Crippen LogP contribution in [0.2, 0.25) is 0 Å². The van der Waals surface area contributed by atoms with Gasteiger partial charge in [-0.1, -0.05) is 18.9 Å². The first-order valence-corrected chi connectivity index (χ1v) is 9.82. The molecule has 1 aliphatic carbocycles. The van der Waals surface area contributed by atoms with E-state index in [1.807, 2.05) is 0 Å². The fourth-order valence-electron chi connectivity index (χ4n) is 4.71. The standard InChI is InChI=1S/C20H26F2N4O/c1-13-12-20(9-10-23-13)18(24-17-8-3-2-7-16(17)22)25-19(27)26(20)15-6-4-5-14(21)11-15/h4-6,11,13,16-17,23H,2-3,7-10,12H2,1H3,(H,24,25,27)/t13-,16+,17+,20+/m0/s1. The van der Waals surface area contributed by atoms with Crippen molar-refractivity contribution in [3.63, 3.8) is 0 Å². The summed E-state index contributed by atoms with van der Waals surface area (Å²) in [7, 11) is 0. The number of carbonyl (C=O) groups excluding carboxylic acids is 1. The zero-order valence-electron chi connectivity index (χ0n) is 15.5. The van der Waals surface area contributed by atoms with Gasteiger partial charge in [0.25, 0.3) is 0 Å². The van der Waals surface area contributed by atoms with Crippen molar-refractivity contribution in [3.8, 4) is 0 Å². The van der Waals surface area contributed by atoms with E-state index in [0.29, 0.717) is 43.8 Å². The fraction of sp³-hybridized carbons (Fsp3) is 0.600. The normalized spacial score (nSPS) is 35.7. The number of amidine groups is 1. The second-order valence-corrected chi connectivity index (χ2v) is 7.93. The molecule has 7 heteroatoms. The van der Waals surface area contributed by atoms with Crippen LogP contribution in [0.15, 0.2) is 29.3 Å². The Bertz CT molecular complexity index is 755. The van der Waals surface area contributed by atoms with Crippen molar-refractivity contribution in [2.45, 2.75) is 69.2 Å². The number of amides is 2. The van der Waals surface area contributed by atoms with Crippen LogP contribution in [0.4, 0.5) is 19.3 Å². The highest BCUT2D eigenvalue weighted by molar-refractivity contribution is 6.19. The van der Waals surface area contributed by atoms with E-state index in [2.05, 4.69) is 17.6 Å². The van der Waals surface area contributed by atoms with Gasteiger partial charge in [-0.3, -0.25) is 15.2 Å². The molecule has 4 rings (SSSR count). The molecule has 2 aliphatic heterocycles. The predicted molar refractivity (Wildman–Crippen MR) is 101 cm³/mol. The molecule has 1 aromatic rings. The van der Waals surface area contributed by atoms with E-state index >= 15 is 0 Å². The van der Waals surface area contributed by atoms with Gasteiger partial charge in [0.15, 0.2) is 0 Å². The number of nitrogens with one attached hydrogen (secondary N) is 2. The van der Waals surface area contributed by atoms with Gasteiger partial charge in [0.1, 0.15) is 23.4 Å². The van der Waals surface area contributed by atoms with Gasteiger partial charge in [-0.25, -0.2) is 13.6 Å². The number of piperidine rings is 1. The number of hydrogen-bond donors (Lipinski definition) is 2.